The Hall–Kier alpha value is -3.33. The van der Waals surface area contributed by atoms with Gasteiger partial charge in [-0.15, -0.1) is 10.2 Å². The van der Waals surface area contributed by atoms with E-state index in [1.807, 2.05) is 31.5 Å². The summed E-state index contributed by atoms with van der Waals surface area (Å²) in [7, 11) is 0. The number of aromatic nitrogens is 4. The Morgan fingerprint density at radius 2 is 2.21 bits per heavy atom. The number of amides is 1. The van der Waals surface area contributed by atoms with Gasteiger partial charge in [0.05, 0.1) is 30.5 Å². The minimum atomic E-state index is -0.0992. The zero-order valence-corrected chi connectivity index (χ0v) is 20.2. The minimum absolute atomic E-state index is 0.0225. The highest BCUT2D eigenvalue weighted by Crippen LogP contribution is 2.31. The van der Waals surface area contributed by atoms with Gasteiger partial charge in [0.25, 0.3) is 0 Å². The second-order valence-electron chi connectivity index (χ2n) is 8.34. The molecule has 10 nitrogen and oxygen atoms in total. The van der Waals surface area contributed by atoms with Crippen LogP contribution in [0, 0.1) is 18.3 Å². The Morgan fingerprint density at radius 3 is 2.94 bits per heavy atom. The van der Waals surface area contributed by atoms with E-state index < -0.39 is 0 Å². The Labute approximate surface area is 201 Å². The summed E-state index contributed by atoms with van der Waals surface area (Å²) in [5, 5.41) is 35.9. The predicted octanol–water partition coefficient (Wildman–Crippen LogP) is 1.82. The van der Waals surface area contributed by atoms with Crippen LogP contribution in [0.1, 0.15) is 36.4 Å². The van der Waals surface area contributed by atoms with E-state index in [0.717, 1.165) is 35.5 Å². The highest BCUT2D eigenvalue weighted by Gasteiger charge is 2.25. The molecule has 11 heteroatoms. The number of hydrogen-bond donors (Lipinski definition) is 2. The predicted molar refractivity (Wildman–Crippen MR) is 127 cm³/mol. The van der Waals surface area contributed by atoms with Crippen molar-refractivity contribution in [1.82, 2.24) is 30.2 Å². The van der Waals surface area contributed by atoms with Crippen molar-refractivity contribution < 1.29 is 14.6 Å². The summed E-state index contributed by atoms with van der Waals surface area (Å²) in [6.45, 7) is 7.67. The van der Waals surface area contributed by atoms with E-state index in [2.05, 4.69) is 26.5 Å². The number of nitriles is 1. The topological polar surface area (TPSA) is 129 Å². The Bertz CT molecular complexity index is 1230. The number of nitrogens with zero attached hydrogens (tertiary/aromatic N) is 6. The molecule has 3 heterocycles. The molecule has 34 heavy (non-hydrogen) atoms. The zero-order valence-electron chi connectivity index (χ0n) is 19.4. The first-order chi connectivity index (χ1) is 16.4. The summed E-state index contributed by atoms with van der Waals surface area (Å²) in [5.41, 5.74) is 4.32. The molecule has 1 aromatic carbocycles. The molecule has 0 unspecified atom stereocenters. The average molecular weight is 482 g/mol. The molecular weight excluding hydrogens is 454 g/mol. The first kappa shape index (κ1) is 23.8. The monoisotopic (exact) mass is 481 g/mol. The summed E-state index contributed by atoms with van der Waals surface area (Å²) in [4.78, 5) is 14.1. The van der Waals surface area contributed by atoms with Crippen molar-refractivity contribution >= 4 is 17.2 Å². The van der Waals surface area contributed by atoms with Gasteiger partial charge in [-0.2, -0.15) is 10.4 Å². The van der Waals surface area contributed by atoms with E-state index in [1.165, 1.54) is 11.3 Å². The van der Waals surface area contributed by atoms with Gasteiger partial charge in [-0.3, -0.25) is 9.69 Å². The lowest BCUT2D eigenvalue weighted by atomic mass is 10.1. The molecule has 4 rings (SSSR count). The fourth-order valence-electron chi connectivity index (χ4n) is 3.87. The van der Waals surface area contributed by atoms with E-state index in [1.54, 1.807) is 12.1 Å². The number of hydrogen-bond acceptors (Lipinski definition) is 9. The summed E-state index contributed by atoms with van der Waals surface area (Å²) < 4.78 is 7.51. The van der Waals surface area contributed by atoms with Crippen molar-refractivity contribution in [2.24, 2.45) is 0 Å². The highest BCUT2D eigenvalue weighted by atomic mass is 32.1. The van der Waals surface area contributed by atoms with Gasteiger partial charge in [-0.25, -0.2) is 4.68 Å². The largest absolute Gasteiger partial charge is 0.490 e. The number of aliphatic hydroxyl groups is 1. The number of carbonyl (C=O) groups is 1. The maximum absolute atomic E-state index is 12.0. The molecule has 0 fully saturated rings. The van der Waals surface area contributed by atoms with E-state index in [0.29, 0.717) is 28.0 Å². The van der Waals surface area contributed by atoms with Gasteiger partial charge < -0.3 is 15.2 Å². The second kappa shape index (κ2) is 10.3. The number of rotatable bonds is 8. The molecule has 0 spiro atoms. The Kier molecular flexibility index (Phi) is 7.21. The van der Waals surface area contributed by atoms with Crippen LogP contribution < -0.4 is 10.1 Å². The first-order valence-electron chi connectivity index (χ1n) is 11.1. The fourth-order valence-corrected chi connectivity index (χ4v) is 4.71. The normalized spacial score (nSPS) is 13.5. The van der Waals surface area contributed by atoms with Crippen LogP contribution in [0.4, 0.5) is 0 Å². The zero-order chi connectivity index (χ0) is 24.2. The van der Waals surface area contributed by atoms with Crippen molar-refractivity contribution in [1.29, 1.82) is 5.26 Å². The summed E-state index contributed by atoms with van der Waals surface area (Å²) >= 11 is 1.40. The van der Waals surface area contributed by atoms with Crippen LogP contribution in [0.5, 0.6) is 5.75 Å². The molecule has 0 saturated carbocycles. The number of benzene rings is 1. The fraction of sp³-hybridized carbons (Fsp3) is 0.435. The van der Waals surface area contributed by atoms with Crippen molar-refractivity contribution in [3.05, 3.63) is 40.7 Å². The molecule has 0 saturated heterocycles. The molecule has 1 amide bonds. The molecule has 2 aromatic heterocycles. The Morgan fingerprint density at radius 1 is 1.38 bits per heavy atom. The van der Waals surface area contributed by atoms with Gasteiger partial charge in [-0.1, -0.05) is 11.3 Å². The molecular formula is C23H27N7O3S. The highest BCUT2D eigenvalue weighted by molar-refractivity contribution is 7.17. The molecule has 0 radical (unpaired) electrons. The lowest BCUT2D eigenvalue weighted by Gasteiger charge is -2.25. The number of ether oxygens (including phenoxy) is 1. The third-order valence-corrected chi connectivity index (χ3v) is 6.42. The van der Waals surface area contributed by atoms with Crippen LogP contribution in [-0.2, 0) is 17.8 Å². The molecule has 3 aromatic rings. The molecule has 0 bridgehead atoms. The molecule has 178 valence electrons. The lowest BCUT2D eigenvalue weighted by Crippen LogP contribution is -2.40. The average Bonchev–Trinajstić information content (AvgIpc) is 3.43. The lowest BCUT2D eigenvalue weighted by molar-refractivity contribution is -0.122. The van der Waals surface area contributed by atoms with E-state index in [9.17, 15) is 10.1 Å². The third-order valence-electron chi connectivity index (χ3n) is 5.48. The van der Waals surface area contributed by atoms with Gasteiger partial charge in [0.1, 0.15) is 16.8 Å². The molecule has 1 aliphatic heterocycles. The number of carbonyl (C=O) groups excluding carboxylic acids is 1. The van der Waals surface area contributed by atoms with E-state index >= 15 is 0 Å². The van der Waals surface area contributed by atoms with E-state index in [-0.39, 0.29) is 31.7 Å². The van der Waals surface area contributed by atoms with Crippen molar-refractivity contribution in [3.63, 3.8) is 0 Å². The summed E-state index contributed by atoms with van der Waals surface area (Å²) in [6.07, 6.45) is 0.719. The SMILES string of the molecule is Cc1c2c(nn1-c1nnc(-c3ccc(OC(C)C)c(C#N)c3)s1)CCN(CC(=O)NCCO)C2. The maximum atomic E-state index is 12.0. The molecule has 0 atom stereocenters. The second-order valence-corrected chi connectivity index (χ2v) is 9.29. The van der Waals surface area contributed by atoms with Crippen LogP contribution >= 0.6 is 11.3 Å². The van der Waals surface area contributed by atoms with Crippen LogP contribution in [0.15, 0.2) is 18.2 Å². The van der Waals surface area contributed by atoms with Gasteiger partial charge in [0.2, 0.25) is 11.0 Å². The van der Waals surface area contributed by atoms with Gasteiger partial charge >= 0.3 is 0 Å². The molecule has 2 N–H and O–H groups in total. The van der Waals surface area contributed by atoms with Gasteiger partial charge in [-0.05, 0) is 39.0 Å². The molecule has 0 aliphatic carbocycles. The third kappa shape index (κ3) is 5.09. The number of fused-ring (bicyclic) bond motifs is 1. The van der Waals surface area contributed by atoms with Crippen molar-refractivity contribution in [2.75, 3.05) is 26.2 Å². The maximum Gasteiger partial charge on any atom is 0.234 e. The molecule has 1 aliphatic rings. The van der Waals surface area contributed by atoms with Crippen LogP contribution in [-0.4, -0.2) is 68.2 Å². The van der Waals surface area contributed by atoms with Gasteiger partial charge in [0.15, 0.2) is 0 Å². The smallest absolute Gasteiger partial charge is 0.234 e. The minimum Gasteiger partial charge on any atom is -0.490 e. The quantitative estimate of drug-likeness (QED) is 0.499. The van der Waals surface area contributed by atoms with E-state index in [4.69, 9.17) is 14.9 Å². The van der Waals surface area contributed by atoms with Crippen LogP contribution in [0.25, 0.3) is 15.7 Å². The first-order valence-corrected chi connectivity index (χ1v) is 11.9. The summed E-state index contributed by atoms with van der Waals surface area (Å²) in [6, 6.07) is 7.62. The van der Waals surface area contributed by atoms with Crippen LogP contribution in [0.3, 0.4) is 0 Å². The standard InChI is InChI=1S/C23H27N7O3S/c1-14(2)33-20-5-4-16(10-17(20)11-24)22-26-27-23(34-22)30-15(3)18-12-29(8-6-19(18)28-30)13-21(32)25-7-9-31/h4-5,10,14,31H,6-9,12-13H2,1-3H3,(H,25,32). The van der Waals surface area contributed by atoms with Crippen molar-refractivity contribution in [3.8, 4) is 27.5 Å². The van der Waals surface area contributed by atoms with Gasteiger partial charge in [0, 0.05) is 42.9 Å². The van der Waals surface area contributed by atoms with Crippen LogP contribution in [0.2, 0.25) is 0 Å². The Balaban J connectivity index is 1.53. The summed E-state index contributed by atoms with van der Waals surface area (Å²) in [5.74, 6) is 0.453. The number of nitrogens with one attached hydrogen (secondary N) is 1. The van der Waals surface area contributed by atoms with Crippen molar-refractivity contribution in [2.45, 2.75) is 39.8 Å². The number of aliphatic hydroxyl groups excluding tert-OH is 1.